The average molecular weight is 310 g/mol. The van der Waals surface area contributed by atoms with Crippen molar-refractivity contribution in [3.63, 3.8) is 0 Å². The van der Waals surface area contributed by atoms with Crippen molar-refractivity contribution >= 4 is 21.8 Å². The molecule has 2 amide bonds. The van der Waals surface area contributed by atoms with Gasteiger partial charge in [0.05, 0.1) is 5.75 Å². The van der Waals surface area contributed by atoms with Gasteiger partial charge in [-0.2, -0.15) is 0 Å². The van der Waals surface area contributed by atoms with Crippen LogP contribution in [0.4, 0.5) is 4.79 Å². The number of ether oxygens (including phenoxy) is 1. The van der Waals surface area contributed by atoms with Gasteiger partial charge >= 0.3 is 12.0 Å². The first-order valence-electron chi connectivity index (χ1n) is 6.12. The maximum Gasteiger partial charge on any atom is 0.326 e. The lowest BCUT2D eigenvalue weighted by molar-refractivity contribution is -0.139. The minimum Gasteiger partial charge on any atom is -0.480 e. The van der Waals surface area contributed by atoms with Crippen molar-refractivity contribution in [2.45, 2.75) is 31.8 Å². The van der Waals surface area contributed by atoms with Gasteiger partial charge in [-0.05, 0) is 19.8 Å². The zero-order valence-corrected chi connectivity index (χ0v) is 12.7. The molecule has 0 saturated heterocycles. The fraction of sp³-hybridized carbons (Fsp3) is 0.818. The van der Waals surface area contributed by atoms with Gasteiger partial charge in [0, 0.05) is 26.0 Å². The molecule has 0 aliphatic heterocycles. The first-order chi connectivity index (χ1) is 9.15. The van der Waals surface area contributed by atoms with Crippen molar-refractivity contribution in [3.8, 4) is 0 Å². The molecule has 0 aliphatic rings. The van der Waals surface area contributed by atoms with Crippen LogP contribution in [0, 0.1) is 0 Å². The summed E-state index contributed by atoms with van der Waals surface area (Å²) >= 11 is 0. The molecule has 118 valence electrons. The number of hydrogen-bond donors (Lipinski definition) is 3. The largest absolute Gasteiger partial charge is 0.480 e. The third-order valence-corrected chi connectivity index (χ3v) is 3.48. The SMILES string of the molecule is COCCCC(NC(=O)NC(C)CS(C)(=O)=O)C(=O)O. The summed E-state index contributed by atoms with van der Waals surface area (Å²) in [6.07, 6.45) is 1.79. The number of nitrogens with one attached hydrogen (secondary N) is 2. The highest BCUT2D eigenvalue weighted by Crippen LogP contribution is 1.99. The fourth-order valence-electron chi connectivity index (χ4n) is 1.61. The molecule has 8 nitrogen and oxygen atoms in total. The predicted octanol–water partition coefficient (Wildman–Crippen LogP) is -0.401. The maximum absolute atomic E-state index is 11.6. The Labute approximate surface area is 118 Å². The van der Waals surface area contributed by atoms with Crippen LogP contribution >= 0.6 is 0 Å². The third-order valence-electron chi connectivity index (χ3n) is 2.37. The van der Waals surface area contributed by atoms with Gasteiger partial charge in [0.25, 0.3) is 0 Å². The second kappa shape index (κ2) is 8.75. The Morgan fingerprint density at radius 2 is 1.90 bits per heavy atom. The van der Waals surface area contributed by atoms with Gasteiger partial charge in [-0.3, -0.25) is 0 Å². The van der Waals surface area contributed by atoms with Crippen LogP contribution in [0.1, 0.15) is 19.8 Å². The van der Waals surface area contributed by atoms with Gasteiger partial charge in [-0.15, -0.1) is 0 Å². The van der Waals surface area contributed by atoms with Crippen LogP contribution in [-0.2, 0) is 19.4 Å². The number of carboxylic acid groups (broad SMARTS) is 1. The zero-order chi connectivity index (χ0) is 15.8. The minimum absolute atomic E-state index is 0.207. The molecule has 2 unspecified atom stereocenters. The minimum atomic E-state index is -3.21. The quantitative estimate of drug-likeness (QED) is 0.498. The molecule has 0 aromatic heterocycles. The Morgan fingerprint density at radius 3 is 2.35 bits per heavy atom. The van der Waals surface area contributed by atoms with E-state index < -0.39 is 33.9 Å². The number of hydrogen-bond acceptors (Lipinski definition) is 5. The molecule has 0 aromatic carbocycles. The smallest absolute Gasteiger partial charge is 0.326 e. The number of amides is 2. The van der Waals surface area contributed by atoms with Crippen molar-refractivity contribution in [3.05, 3.63) is 0 Å². The Balaban J connectivity index is 4.28. The monoisotopic (exact) mass is 310 g/mol. The Morgan fingerprint density at radius 1 is 1.30 bits per heavy atom. The van der Waals surface area contributed by atoms with E-state index >= 15 is 0 Å². The van der Waals surface area contributed by atoms with Crippen molar-refractivity contribution < 1.29 is 27.9 Å². The number of sulfone groups is 1. The summed E-state index contributed by atoms with van der Waals surface area (Å²) < 4.78 is 26.9. The number of urea groups is 1. The topological polar surface area (TPSA) is 122 Å². The Bertz CT molecular complexity index is 423. The third kappa shape index (κ3) is 9.56. The Kier molecular flexibility index (Phi) is 8.16. The summed E-state index contributed by atoms with van der Waals surface area (Å²) in [5.41, 5.74) is 0. The second-order valence-corrected chi connectivity index (χ2v) is 6.82. The summed E-state index contributed by atoms with van der Waals surface area (Å²) in [6.45, 7) is 1.93. The molecule has 0 spiro atoms. The number of methoxy groups -OCH3 is 1. The van der Waals surface area contributed by atoms with Crippen LogP contribution in [-0.4, -0.2) is 63.3 Å². The highest BCUT2D eigenvalue weighted by atomic mass is 32.2. The summed E-state index contributed by atoms with van der Waals surface area (Å²) in [6, 6.07) is -2.33. The maximum atomic E-state index is 11.6. The van der Waals surface area contributed by atoms with Gasteiger partial charge in [0.15, 0.2) is 0 Å². The second-order valence-electron chi connectivity index (χ2n) is 4.64. The van der Waals surface area contributed by atoms with Gasteiger partial charge < -0.3 is 20.5 Å². The van der Waals surface area contributed by atoms with Crippen molar-refractivity contribution in [1.29, 1.82) is 0 Å². The van der Waals surface area contributed by atoms with Crippen LogP contribution in [0.15, 0.2) is 0 Å². The number of rotatable bonds is 9. The van der Waals surface area contributed by atoms with E-state index in [0.717, 1.165) is 6.26 Å². The summed E-state index contributed by atoms with van der Waals surface area (Å²) in [5.74, 6) is -1.35. The average Bonchev–Trinajstić information content (AvgIpc) is 2.24. The lowest BCUT2D eigenvalue weighted by atomic mass is 10.1. The van der Waals surface area contributed by atoms with E-state index in [2.05, 4.69) is 10.6 Å². The molecule has 0 radical (unpaired) electrons. The number of aliphatic carboxylic acids is 1. The van der Waals surface area contributed by atoms with Crippen LogP contribution < -0.4 is 10.6 Å². The van der Waals surface area contributed by atoms with Crippen molar-refractivity contribution in [1.82, 2.24) is 10.6 Å². The molecule has 9 heteroatoms. The van der Waals surface area contributed by atoms with Crippen LogP contribution in [0.25, 0.3) is 0 Å². The van der Waals surface area contributed by atoms with Crippen LogP contribution in [0.2, 0.25) is 0 Å². The van der Waals surface area contributed by atoms with Crippen LogP contribution in [0.3, 0.4) is 0 Å². The van der Waals surface area contributed by atoms with Gasteiger partial charge in [-0.25, -0.2) is 18.0 Å². The number of carbonyl (C=O) groups excluding carboxylic acids is 1. The molecule has 0 saturated carbocycles. The molecule has 0 aliphatic carbocycles. The molecule has 0 fully saturated rings. The van der Waals surface area contributed by atoms with Crippen molar-refractivity contribution in [2.75, 3.05) is 25.7 Å². The molecule has 0 heterocycles. The van der Waals surface area contributed by atoms with Gasteiger partial charge in [0.2, 0.25) is 0 Å². The molecule has 0 bridgehead atoms. The van der Waals surface area contributed by atoms with Crippen molar-refractivity contribution in [2.24, 2.45) is 0 Å². The van der Waals surface area contributed by atoms with Gasteiger partial charge in [-0.1, -0.05) is 0 Å². The molecule has 3 N–H and O–H groups in total. The van der Waals surface area contributed by atoms with E-state index in [1.807, 2.05) is 0 Å². The van der Waals surface area contributed by atoms with E-state index in [9.17, 15) is 18.0 Å². The Hall–Kier alpha value is -1.35. The van der Waals surface area contributed by atoms with E-state index in [1.165, 1.54) is 14.0 Å². The molecule has 0 aromatic rings. The molecule has 20 heavy (non-hydrogen) atoms. The molecule has 2 atom stereocenters. The van der Waals surface area contributed by atoms with E-state index in [-0.39, 0.29) is 12.2 Å². The highest BCUT2D eigenvalue weighted by molar-refractivity contribution is 7.90. The summed E-state index contributed by atoms with van der Waals surface area (Å²) in [5, 5.41) is 13.6. The standard InChI is InChI=1S/C11H22N2O6S/c1-8(7-20(3,17)18)12-11(16)13-9(10(14)15)5-4-6-19-2/h8-9H,4-7H2,1-3H3,(H,14,15)(H2,12,13,16). The molecular weight excluding hydrogens is 288 g/mol. The molecular formula is C11H22N2O6S. The zero-order valence-electron chi connectivity index (χ0n) is 11.9. The normalized spacial score (nSPS) is 14.3. The summed E-state index contributed by atoms with van der Waals surface area (Å²) in [7, 11) is -1.70. The van der Waals surface area contributed by atoms with E-state index in [0.29, 0.717) is 13.0 Å². The van der Waals surface area contributed by atoms with E-state index in [4.69, 9.17) is 9.84 Å². The summed E-state index contributed by atoms with van der Waals surface area (Å²) in [4.78, 5) is 22.5. The predicted molar refractivity (Wildman–Crippen MR) is 73.4 cm³/mol. The van der Waals surface area contributed by atoms with E-state index in [1.54, 1.807) is 0 Å². The lowest BCUT2D eigenvalue weighted by Crippen LogP contribution is -2.49. The highest BCUT2D eigenvalue weighted by Gasteiger charge is 2.21. The van der Waals surface area contributed by atoms with Crippen LogP contribution in [0.5, 0.6) is 0 Å². The molecule has 0 rings (SSSR count). The number of carbonyl (C=O) groups is 2. The fourth-order valence-corrected chi connectivity index (χ4v) is 2.60. The first-order valence-corrected chi connectivity index (χ1v) is 8.18. The van der Waals surface area contributed by atoms with Gasteiger partial charge in [0.1, 0.15) is 15.9 Å². The number of carboxylic acids is 1. The first kappa shape index (κ1) is 18.7. The lowest BCUT2D eigenvalue weighted by Gasteiger charge is -2.17.